The molecule has 0 fully saturated rings. The van der Waals surface area contributed by atoms with E-state index in [1.165, 1.54) is 11.3 Å². The Kier molecular flexibility index (Phi) is 4.76. The molecule has 0 spiro atoms. The minimum atomic E-state index is -4.26. The minimum absolute atomic E-state index is 0.0258. The normalized spacial score (nSPS) is 14.1. The summed E-state index contributed by atoms with van der Waals surface area (Å²) in [5, 5.41) is 1.92. The lowest BCUT2D eigenvalue weighted by molar-refractivity contribution is -0.174. The van der Waals surface area contributed by atoms with Gasteiger partial charge < -0.3 is 10.5 Å². The first-order valence-corrected chi connectivity index (χ1v) is 5.72. The van der Waals surface area contributed by atoms with Gasteiger partial charge in [0.25, 0.3) is 0 Å². The van der Waals surface area contributed by atoms with E-state index in [0.29, 0.717) is 6.42 Å². The molecule has 6 heteroatoms. The average Bonchev–Trinajstić information content (AvgIpc) is 2.57. The van der Waals surface area contributed by atoms with Crippen LogP contribution in [0.2, 0.25) is 0 Å². The number of hydrogen-bond donors (Lipinski definition) is 1. The molecule has 0 aliphatic heterocycles. The van der Waals surface area contributed by atoms with E-state index < -0.39 is 12.8 Å². The molecule has 1 aromatic heterocycles. The molecule has 1 aromatic rings. The Morgan fingerprint density at radius 1 is 1.50 bits per heavy atom. The van der Waals surface area contributed by atoms with E-state index in [1.54, 1.807) is 0 Å². The Balaban J connectivity index is 2.26. The number of thiophene rings is 1. The Morgan fingerprint density at radius 2 is 2.19 bits per heavy atom. The van der Waals surface area contributed by atoms with Gasteiger partial charge in [0.2, 0.25) is 0 Å². The zero-order valence-electron chi connectivity index (χ0n) is 8.88. The second-order valence-electron chi connectivity index (χ2n) is 3.53. The van der Waals surface area contributed by atoms with E-state index in [1.807, 2.05) is 18.4 Å². The zero-order chi connectivity index (χ0) is 12.2. The number of rotatable bonds is 5. The summed E-state index contributed by atoms with van der Waals surface area (Å²) in [5.74, 6) is 0. The molecule has 0 saturated heterocycles. The van der Waals surface area contributed by atoms with Crippen molar-refractivity contribution in [3.8, 4) is 0 Å². The van der Waals surface area contributed by atoms with Gasteiger partial charge in [-0.15, -0.1) is 11.3 Å². The summed E-state index contributed by atoms with van der Waals surface area (Å²) in [6, 6.07) is 1.70. The minimum Gasteiger partial charge on any atom is -0.372 e. The molecule has 0 aliphatic rings. The molecule has 0 saturated carbocycles. The van der Waals surface area contributed by atoms with Crippen molar-refractivity contribution in [2.24, 2.45) is 5.73 Å². The fourth-order valence-electron chi connectivity index (χ4n) is 1.29. The van der Waals surface area contributed by atoms with Crippen molar-refractivity contribution in [2.45, 2.75) is 25.6 Å². The fourth-order valence-corrected chi connectivity index (χ4v) is 2.26. The standard InChI is InChI=1S/C10H14F3NOS/c1-7-3-5-16-9(7)8(14)2-4-15-6-10(11,12)13/h3,5,8H,2,4,6,14H2,1H3. The van der Waals surface area contributed by atoms with Gasteiger partial charge >= 0.3 is 6.18 Å². The summed E-state index contributed by atoms with van der Waals surface area (Å²) in [5.41, 5.74) is 6.92. The highest BCUT2D eigenvalue weighted by atomic mass is 32.1. The van der Waals surface area contributed by atoms with Crippen LogP contribution < -0.4 is 5.73 Å². The van der Waals surface area contributed by atoms with Crippen LogP contribution in [0.3, 0.4) is 0 Å². The average molecular weight is 253 g/mol. The van der Waals surface area contributed by atoms with Crippen molar-refractivity contribution < 1.29 is 17.9 Å². The van der Waals surface area contributed by atoms with Crippen molar-refractivity contribution in [1.29, 1.82) is 0 Å². The Morgan fingerprint density at radius 3 is 2.69 bits per heavy atom. The molecular formula is C10H14F3NOS. The third-order valence-corrected chi connectivity index (χ3v) is 3.23. The van der Waals surface area contributed by atoms with Gasteiger partial charge in [-0.3, -0.25) is 0 Å². The summed E-state index contributed by atoms with van der Waals surface area (Å²) < 4.78 is 39.8. The Bertz CT molecular complexity index is 324. The maximum absolute atomic E-state index is 11.8. The van der Waals surface area contributed by atoms with Gasteiger partial charge in [0.1, 0.15) is 6.61 Å². The van der Waals surface area contributed by atoms with Crippen LogP contribution in [0.25, 0.3) is 0 Å². The molecule has 0 radical (unpaired) electrons. The molecule has 2 nitrogen and oxygen atoms in total. The highest BCUT2D eigenvalue weighted by Crippen LogP contribution is 2.24. The summed E-state index contributed by atoms with van der Waals surface area (Å²) >= 11 is 1.52. The van der Waals surface area contributed by atoms with Gasteiger partial charge in [0.15, 0.2) is 0 Å². The highest BCUT2D eigenvalue weighted by molar-refractivity contribution is 7.10. The molecule has 1 atom stereocenters. The van der Waals surface area contributed by atoms with Gasteiger partial charge in [-0.2, -0.15) is 13.2 Å². The van der Waals surface area contributed by atoms with Crippen LogP contribution >= 0.6 is 11.3 Å². The van der Waals surface area contributed by atoms with Crippen LogP contribution in [0, 0.1) is 6.92 Å². The first-order valence-electron chi connectivity index (χ1n) is 4.84. The lowest BCUT2D eigenvalue weighted by Crippen LogP contribution is -2.19. The van der Waals surface area contributed by atoms with E-state index >= 15 is 0 Å². The van der Waals surface area contributed by atoms with E-state index in [2.05, 4.69) is 4.74 Å². The molecule has 0 bridgehead atoms. The van der Waals surface area contributed by atoms with Crippen molar-refractivity contribution in [3.63, 3.8) is 0 Å². The molecule has 0 aliphatic carbocycles. The van der Waals surface area contributed by atoms with E-state index in [0.717, 1.165) is 10.4 Å². The number of halogens is 3. The molecule has 0 aromatic carbocycles. The van der Waals surface area contributed by atoms with Crippen LogP contribution in [0.15, 0.2) is 11.4 Å². The Hall–Kier alpha value is -0.590. The third-order valence-electron chi connectivity index (χ3n) is 2.08. The van der Waals surface area contributed by atoms with Gasteiger partial charge in [-0.25, -0.2) is 0 Å². The van der Waals surface area contributed by atoms with E-state index in [4.69, 9.17) is 5.73 Å². The second-order valence-corrected chi connectivity index (χ2v) is 4.48. The SMILES string of the molecule is Cc1ccsc1C(N)CCOCC(F)(F)F. The number of alkyl halides is 3. The summed E-state index contributed by atoms with van der Waals surface area (Å²) in [7, 11) is 0. The van der Waals surface area contributed by atoms with Crippen LogP contribution in [0.1, 0.15) is 22.9 Å². The number of nitrogens with two attached hydrogens (primary N) is 1. The maximum Gasteiger partial charge on any atom is 0.411 e. The number of aryl methyl sites for hydroxylation is 1. The molecular weight excluding hydrogens is 239 g/mol. The van der Waals surface area contributed by atoms with Crippen molar-refractivity contribution >= 4 is 11.3 Å². The van der Waals surface area contributed by atoms with Gasteiger partial charge in [0, 0.05) is 17.5 Å². The monoisotopic (exact) mass is 253 g/mol. The lowest BCUT2D eigenvalue weighted by Gasteiger charge is -2.12. The third kappa shape index (κ3) is 4.51. The predicted octanol–water partition coefficient (Wildman–Crippen LogP) is 3.03. The molecule has 0 amide bonds. The topological polar surface area (TPSA) is 35.2 Å². The second kappa shape index (κ2) is 5.65. The Labute approximate surface area is 96.2 Å². The van der Waals surface area contributed by atoms with Gasteiger partial charge in [0.05, 0.1) is 0 Å². The lowest BCUT2D eigenvalue weighted by atomic mass is 10.1. The first kappa shape index (κ1) is 13.5. The van der Waals surface area contributed by atoms with Crippen LogP contribution in [0.5, 0.6) is 0 Å². The fraction of sp³-hybridized carbons (Fsp3) is 0.600. The molecule has 16 heavy (non-hydrogen) atoms. The number of hydrogen-bond acceptors (Lipinski definition) is 3. The predicted molar refractivity (Wildman–Crippen MR) is 57.5 cm³/mol. The number of ether oxygens (including phenoxy) is 1. The van der Waals surface area contributed by atoms with Crippen LogP contribution in [-0.2, 0) is 4.74 Å². The molecule has 1 heterocycles. The summed E-state index contributed by atoms with van der Waals surface area (Å²) in [4.78, 5) is 1.01. The van der Waals surface area contributed by atoms with Crippen molar-refractivity contribution in [1.82, 2.24) is 0 Å². The summed E-state index contributed by atoms with van der Waals surface area (Å²) in [6.45, 7) is 0.753. The maximum atomic E-state index is 11.8. The smallest absolute Gasteiger partial charge is 0.372 e. The van der Waals surface area contributed by atoms with Crippen molar-refractivity contribution in [3.05, 3.63) is 21.9 Å². The van der Waals surface area contributed by atoms with Gasteiger partial charge in [-0.05, 0) is 30.4 Å². The van der Waals surface area contributed by atoms with E-state index in [-0.39, 0.29) is 12.6 Å². The quantitative estimate of drug-likeness (QED) is 0.819. The zero-order valence-corrected chi connectivity index (χ0v) is 9.70. The van der Waals surface area contributed by atoms with Crippen LogP contribution in [0.4, 0.5) is 13.2 Å². The highest BCUT2D eigenvalue weighted by Gasteiger charge is 2.27. The molecule has 92 valence electrons. The largest absolute Gasteiger partial charge is 0.411 e. The molecule has 2 N–H and O–H groups in total. The van der Waals surface area contributed by atoms with E-state index in [9.17, 15) is 13.2 Å². The van der Waals surface area contributed by atoms with Crippen molar-refractivity contribution in [2.75, 3.05) is 13.2 Å². The molecule has 1 unspecified atom stereocenters. The van der Waals surface area contributed by atoms with Crippen LogP contribution in [-0.4, -0.2) is 19.4 Å². The molecule has 1 rings (SSSR count). The summed E-state index contributed by atoms with van der Waals surface area (Å²) in [6.07, 6.45) is -3.86. The van der Waals surface area contributed by atoms with Gasteiger partial charge in [-0.1, -0.05) is 0 Å². The first-order chi connectivity index (χ1) is 7.40.